The molecule has 3 N–H and O–H groups in total. The summed E-state index contributed by atoms with van der Waals surface area (Å²) in [6.45, 7) is 5.09. The van der Waals surface area contributed by atoms with E-state index in [9.17, 15) is 14.4 Å². The van der Waals surface area contributed by atoms with Crippen LogP contribution in [0.1, 0.15) is 95.6 Å². The van der Waals surface area contributed by atoms with Crippen LogP contribution >= 0.6 is 0 Å². The van der Waals surface area contributed by atoms with Crippen LogP contribution in [0, 0.1) is 5.92 Å². The molecule has 0 fully saturated rings. The fourth-order valence-corrected chi connectivity index (χ4v) is 5.22. The van der Waals surface area contributed by atoms with E-state index in [4.69, 9.17) is 0 Å². The van der Waals surface area contributed by atoms with Crippen molar-refractivity contribution in [3.8, 4) is 0 Å². The third-order valence-electron chi connectivity index (χ3n) is 7.61. The number of hydrogen-bond acceptors (Lipinski definition) is 3. The molecule has 42 heavy (non-hydrogen) atoms. The van der Waals surface area contributed by atoms with Gasteiger partial charge in [-0.2, -0.15) is 0 Å². The Balaban J connectivity index is 1.91. The summed E-state index contributed by atoms with van der Waals surface area (Å²) < 4.78 is 0. The summed E-state index contributed by atoms with van der Waals surface area (Å²) in [4.78, 5) is 39.6. The molecule has 1 atom stereocenters. The lowest BCUT2D eigenvalue weighted by atomic mass is 9.99. The molecule has 0 aliphatic carbocycles. The highest BCUT2D eigenvalue weighted by molar-refractivity contribution is 6.20. The summed E-state index contributed by atoms with van der Waals surface area (Å²) in [5.74, 6) is -0.150. The molecule has 3 rings (SSSR count). The first-order valence-corrected chi connectivity index (χ1v) is 15.8. The SMILES string of the molecule is CC(C)C[C@@H]1NC(=O)/C(c2ccccc2)=C\C=C(\c2ccccc2)CNC(=O)CCCCCCCCCCCNC1=O. The second kappa shape index (κ2) is 18.7. The summed E-state index contributed by atoms with van der Waals surface area (Å²) in [7, 11) is 0. The Hall–Kier alpha value is -3.67. The van der Waals surface area contributed by atoms with Crippen molar-refractivity contribution in [1.29, 1.82) is 0 Å². The zero-order chi connectivity index (χ0) is 30.0. The molecule has 0 aromatic heterocycles. The minimum atomic E-state index is -0.622. The molecule has 2 aromatic rings. The van der Waals surface area contributed by atoms with Crippen LogP contribution in [0.3, 0.4) is 0 Å². The summed E-state index contributed by atoms with van der Waals surface area (Å²) >= 11 is 0. The first-order valence-electron chi connectivity index (χ1n) is 15.8. The summed E-state index contributed by atoms with van der Waals surface area (Å²) in [5.41, 5.74) is 3.11. The Morgan fingerprint density at radius 1 is 0.690 bits per heavy atom. The fourth-order valence-electron chi connectivity index (χ4n) is 5.22. The minimum absolute atomic E-state index is 0.0442. The first-order chi connectivity index (χ1) is 20.4. The van der Waals surface area contributed by atoms with Crippen LogP contribution in [0.5, 0.6) is 0 Å². The summed E-state index contributed by atoms with van der Waals surface area (Å²) in [5, 5.41) is 9.19. The lowest BCUT2D eigenvalue weighted by molar-refractivity contribution is -0.127. The average Bonchev–Trinajstić information content (AvgIpc) is 2.99. The summed E-state index contributed by atoms with van der Waals surface area (Å²) in [6, 6.07) is 18.8. The molecular formula is C36H49N3O3. The predicted octanol–water partition coefficient (Wildman–Crippen LogP) is 6.83. The van der Waals surface area contributed by atoms with Crippen molar-refractivity contribution >= 4 is 28.9 Å². The van der Waals surface area contributed by atoms with E-state index in [0.717, 1.165) is 55.2 Å². The van der Waals surface area contributed by atoms with Gasteiger partial charge in [0.1, 0.15) is 6.04 Å². The van der Waals surface area contributed by atoms with E-state index in [-0.39, 0.29) is 23.6 Å². The topological polar surface area (TPSA) is 87.3 Å². The van der Waals surface area contributed by atoms with E-state index >= 15 is 0 Å². The molecule has 226 valence electrons. The van der Waals surface area contributed by atoms with Crippen LogP contribution in [-0.2, 0) is 14.4 Å². The van der Waals surface area contributed by atoms with Crippen molar-refractivity contribution in [3.05, 3.63) is 83.9 Å². The van der Waals surface area contributed by atoms with Gasteiger partial charge in [-0.3, -0.25) is 14.4 Å². The lowest BCUT2D eigenvalue weighted by Gasteiger charge is -2.21. The summed E-state index contributed by atoms with van der Waals surface area (Å²) in [6.07, 6.45) is 14.7. The van der Waals surface area contributed by atoms with Crippen LogP contribution in [0.2, 0.25) is 0 Å². The van der Waals surface area contributed by atoms with Gasteiger partial charge in [-0.15, -0.1) is 0 Å². The third kappa shape index (κ3) is 12.1. The maximum absolute atomic E-state index is 13.8. The monoisotopic (exact) mass is 571 g/mol. The van der Waals surface area contributed by atoms with Crippen LogP contribution in [0.15, 0.2) is 72.8 Å². The van der Waals surface area contributed by atoms with Gasteiger partial charge in [-0.25, -0.2) is 0 Å². The molecule has 0 saturated heterocycles. The highest BCUT2D eigenvalue weighted by Crippen LogP contribution is 2.20. The molecule has 3 amide bonds. The number of amides is 3. The van der Waals surface area contributed by atoms with Crippen molar-refractivity contribution in [3.63, 3.8) is 0 Å². The molecule has 0 spiro atoms. The van der Waals surface area contributed by atoms with E-state index in [1.807, 2.05) is 66.7 Å². The molecule has 1 aliphatic rings. The number of benzene rings is 2. The quantitative estimate of drug-likeness (QED) is 0.376. The fraction of sp³-hybridized carbons (Fsp3) is 0.472. The first kappa shape index (κ1) is 32.8. The van der Waals surface area contributed by atoms with Crippen molar-refractivity contribution in [1.82, 2.24) is 16.0 Å². The highest BCUT2D eigenvalue weighted by Gasteiger charge is 2.24. The van der Waals surface area contributed by atoms with E-state index in [2.05, 4.69) is 29.8 Å². The van der Waals surface area contributed by atoms with E-state index in [0.29, 0.717) is 31.5 Å². The average molecular weight is 572 g/mol. The maximum atomic E-state index is 13.8. The second-order valence-corrected chi connectivity index (χ2v) is 11.7. The Bertz CT molecular complexity index is 1170. The molecule has 2 aromatic carbocycles. The molecule has 0 radical (unpaired) electrons. The molecule has 6 nitrogen and oxygen atoms in total. The standard InChI is InChI=1S/C36H49N3O3/c1-28(2)26-33-36(42)37-25-17-9-7-5-3-4-6-8-16-22-34(40)38-27-31(29-18-12-10-13-19-29)23-24-32(35(41)39-33)30-20-14-11-15-21-30/h10-15,18-21,23-24,28,33H,3-9,16-17,22,25-27H2,1-2H3,(H,37,42)(H,38,40)(H,39,41)/b31-23+,32-24-/t33-/m0/s1. The zero-order valence-electron chi connectivity index (χ0n) is 25.5. The molecule has 0 unspecified atom stereocenters. The van der Waals surface area contributed by atoms with Gasteiger partial charge in [0.25, 0.3) is 5.91 Å². The molecule has 1 aliphatic heterocycles. The third-order valence-corrected chi connectivity index (χ3v) is 7.61. The smallest absolute Gasteiger partial charge is 0.252 e. The molecule has 0 saturated carbocycles. The van der Waals surface area contributed by atoms with Crippen LogP contribution in [0.4, 0.5) is 0 Å². The van der Waals surface area contributed by atoms with Crippen molar-refractivity contribution < 1.29 is 14.4 Å². The van der Waals surface area contributed by atoms with E-state index in [1.54, 1.807) is 6.08 Å². The minimum Gasteiger partial charge on any atom is -0.354 e. The molecular weight excluding hydrogens is 522 g/mol. The lowest BCUT2D eigenvalue weighted by Crippen LogP contribution is -2.47. The Kier molecular flexibility index (Phi) is 14.6. The van der Waals surface area contributed by atoms with Gasteiger partial charge in [0.15, 0.2) is 0 Å². The molecule has 1 heterocycles. The van der Waals surface area contributed by atoms with Gasteiger partial charge in [-0.1, -0.05) is 126 Å². The zero-order valence-corrected chi connectivity index (χ0v) is 25.5. The van der Waals surface area contributed by atoms with Crippen LogP contribution in [0.25, 0.3) is 11.1 Å². The number of hydrogen-bond donors (Lipinski definition) is 3. The van der Waals surface area contributed by atoms with E-state index < -0.39 is 6.04 Å². The normalized spacial score (nSPS) is 22.1. The number of carbonyl (C=O) groups is 3. The van der Waals surface area contributed by atoms with Gasteiger partial charge < -0.3 is 16.0 Å². The number of nitrogens with one attached hydrogen (secondary N) is 3. The van der Waals surface area contributed by atoms with Crippen LogP contribution in [-0.4, -0.2) is 36.9 Å². The molecule has 6 heteroatoms. The van der Waals surface area contributed by atoms with Gasteiger partial charge in [0.2, 0.25) is 11.8 Å². The number of allylic oxidation sites excluding steroid dienone is 2. The van der Waals surface area contributed by atoms with Crippen molar-refractivity contribution in [2.45, 2.75) is 90.5 Å². The van der Waals surface area contributed by atoms with Crippen LogP contribution < -0.4 is 16.0 Å². The van der Waals surface area contributed by atoms with Gasteiger partial charge in [-0.05, 0) is 48.0 Å². The Labute approximate surface area is 252 Å². The largest absolute Gasteiger partial charge is 0.354 e. The predicted molar refractivity (Wildman–Crippen MR) is 172 cm³/mol. The number of carbonyl (C=O) groups excluding carboxylic acids is 3. The van der Waals surface area contributed by atoms with Gasteiger partial charge in [0, 0.05) is 25.1 Å². The van der Waals surface area contributed by atoms with Gasteiger partial charge in [0.05, 0.1) is 0 Å². The van der Waals surface area contributed by atoms with E-state index in [1.165, 1.54) is 19.3 Å². The van der Waals surface area contributed by atoms with Crippen molar-refractivity contribution in [2.75, 3.05) is 13.1 Å². The van der Waals surface area contributed by atoms with Crippen molar-refractivity contribution in [2.24, 2.45) is 5.92 Å². The Morgan fingerprint density at radius 3 is 1.88 bits per heavy atom. The second-order valence-electron chi connectivity index (χ2n) is 11.7. The number of rotatable bonds is 4. The highest BCUT2D eigenvalue weighted by atomic mass is 16.2. The van der Waals surface area contributed by atoms with Gasteiger partial charge >= 0.3 is 0 Å². The Morgan fingerprint density at radius 2 is 1.26 bits per heavy atom. The molecule has 0 bridgehead atoms. The maximum Gasteiger partial charge on any atom is 0.252 e.